The molecule has 0 aliphatic carbocycles. The molecular weight excluding hydrogens is 290 g/mol. The molecule has 1 aromatic heterocycles. The Morgan fingerprint density at radius 1 is 1.33 bits per heavy atom. The molecule has 0 radical (unpaired) electrons. The molecule has 110 valence electrons. The van der Waals surface area contributed by atoms with Gasteiger partial charge in [-0.05, 0) is 17.7 Å². The van der Waals surface area contributed by atoms with Crippen LogP contribution in [0.4, 0.5) is 0 Å². The molecule has 6 nitrogen and oxygen atoms in total. The highest BCUT2D eigenvalue weighted by atomic mass is 32.1. The Morgan fingerprint density at radius 2 is 2.05 bits per heavy atom. The first-order valence-electron chi connectivity index (χ1n) is 6.17. The summed E-state index contributed by atoms with van der Waals surface area (Å²) in [6.07, 6.45) is 1.44. The Balaban J connectivity index is 2.46. The van der Waals surface area contributed by atoms with Crippen molar-refractivity contribution < 1.29 is 4.74 Å². The van der Waals surface area contributed by atoms with Crippen LogP contribution in [0, 0.1) is 0 Å². The van der Waals surface area contributed by atoms with Crippen LogP contribution in [0.5, 0.6) is 5.75 Å². The van der Waals surface area contributed by atoms with Gasteiger partial charge in [0.2, 0.25) is 0 Å². The third-order valence-electron chi connectivity index (χ3n) is 3.11. The normalized spacial score (nSPS) is 10.4. The maximum Gasteiger partial charge on any atom is 0.331 e. The summed E-state index contributed by atoms with van der Waals surface area (Å²) in [5.74, 6) is 0.515. The van der Waals surface area contributed by atoms with Crippen molar-refractivity contribution in [3.63, 3.8) is 0 Å². The van der Waals surface area contributed by atoms with Crippen LogP contribution >= 0.6 is 12.2 Å². The third-order valence-corrected chi connectivity index (χ3v) is 3.33. The Morgan fingerprint density at radius 3 is 2.67 bits per heavy atom. The highest BCUT2D eigenvalue weighted by Crippen LogP contribution is 2.20. The standard InChI is InChI=1S/C14H15N3O3S/c1-16-6-5-12(18)17(14(16)19)8-9-3-4-10(13(15)21)11(7-9)20-2/h3-7H,8H2,1-2H3,(H2,15,21). The maximum atomic E-state index is 12.0. The minimum atomic E-state index is -0.375. The zero-order chi connectivity index (χ0) is 15.6. The summed E-state index contributed by atoms with van der Waals surface area (Å²) < 4.78 is 7.73. The number of nitrogens with two attached hydrogens (primary N) is 1. The summed E-state index contributed by atoms with van der Waals surface area (Å²) in [5.41, 5.74) is 6.24. The van der Waals surface area contributed by atoms with Crippen LogP contribution in [0.15, 0.2) is 40.1 Å². The molecule has 0 saturated carbocycles. The largest absolute Gasteiger partial charge is 0.496 e. The molecule has 7 heteroatoms. The second-order valence-electron chi connectivity index (χ2n) is 4.53. The molecule has 0 spiro atoms. The van der Waals surface area contributed by atoms with Gasteiger partial charge in [0.25, 0.3) is 5.56 Å². The fourth-order valence-corrected chi connectivity index (χ4v) is 2.15. The van der Waals surface area contributed by atoms with Crippen molar-refractivity contribution >= 4 is 17.2 Å². The number of aromatic nitrogens is 2. The molecule has 0 saturated heterocycles. The molecule has 0 bridgehead atoms. The Bertz CT molecular complexity index is 808. The van der Waals surface area contributed by atoms with Crippen LogP contribution in [0.1, 0.15) is 11.1 Å². The predicted octanol–water partition coefficient (Wildman–Crippen LogP) is 0.238. The van der Waals surface area contributed by atoms with E-state index in [2.05, 4.69) is 0 Å². The summed E-state index contributed by atoms with van der Waals surface area (Å²) in [7, 11) is 3.10. The molecule has 0 atom stereocenters. The van der Waals surface area contributed by atoms with E-state index in [1.54, 1.807) is 25.2 Å². The fraction of sp³-hybridized carbons (Fsp3) is 0.214. The van der Waals surface area contributed by atoms with Gasteiger partial charge in [0, 0.05) is 19.3 Å². The van der Waals surface area contributed by atoms with Gasteiger partial charge < -0.3 is 15.0 Å². The number of ether oxygens (including phenoxy) is 1. The quantitative estimate of drug-likeness (QED) is 0.819. The summed E-state index contributed by atoms with van der Waals surface area (Å²) in [5, 5.41) is 0. The van der Waals surface area contributed by atoms with E-state index in [1.807, 2.05) is 0 Å². The van der Waals surface area contributed by atoms with E-state index in [4.69, 9.17) is 22.7 Å². The summed E-state index contributed by atoms with van der Waals surface area (Å²) >= 11 is 4.94. The predicted molar refractivity (Wildman–Crippen MR) is 83.9 cm³/mol. The maximum absolute atomic E-state index is 12.0. The SMILES string of the molecule is COc1cc(Cn2c(=O)ccn(C)c2=O)ccc1C(N)=S. The van der Waals surface area contributed by atoms with Gasteiger partial charge >= 0.3 is 5.69 Å². The molecule has 0 aliphatic rings. The van der Waals surface area contributed by atoms with Gasteiger partial charge in [0.15, 0.2) is 0 Å². The number of aryl methyl sites for hydroxylation is 1. The Labute approximate surface area is 126 Å². The van der Waals surface area contributed by atoms with Crippen molar-refractivity contribution in [1.82, 2.24) is 9.13 Å². The van der Waals surface area contributed by atoms with Gasteiger partial charge in [-0.15, -0.1) is 0 Å². The minimum absolute atomic E-state index is 0.153. The number of rotatable bonds is 4. The van der Waals surface area contributed by atoms with Gasteiger partial charge in [-0.2, -0.15) is 0 Å². The molecule has 2 rings (SSSR count). The van der Waals surface area contributed by atoms with Crippen LogP contribution < -0.4 is 21.7 Å². The zero-order valence-corrected chi connectivity index (χ0v) is 12.5. The van der Waals surface area contributed by atoms with Crippen LogP contribution in [-0.2, 0) is 13.6 Å². The molecular formula is C14H15N3O3S. The minimum Gasteiger partial charge on any atom is -0.496 e. The zero-order valence-electron chi connectivity index (χ0n) is 11.7. The average molecular weight is 305 g/mol. The van der Waals surface area contributed by atoms with Gasteiger partial charge in [-0.25, -0.2) is 4.79 Å². The van der Waals surface area contributed by atoms with Crippen molar-refractivity contribution in [2.45, 2.75) is 6.54 Å². The average Bonchev–Trinajstić information content (AvgIpc) is 2.47. The summed E-state index contributed by atoms with van der Waals surface area (Å²) in [6, 6.07) is 6.54. The van der Waals surface area contributed by atoms with Crippen LogP contribution in [0.3, 0.4) is 0 Å². The molecule has 2 aromatic rings. The van der Waals surface area contributed by atoms with Gasteiger partial charge in [-0.1, -0.05) is 18.3 Å². The molecule has 1 heterocycles. The summed E-state index contributed by atoms with van der Waals surface area (Å²) in [4.78, 5) is 24.0. The van der Waals surface area contributed by atoms with E-state index in [-0.39, 0.29) is 22.8 Å². The van der Waals surface area contributed by atoms with Crippen LogP contribution in [0.2, 0.25) is 0 Å². The van der Waals surface area contributed by atoms with Crippen LogP contribution in [-0.4, -0.2) is 21.2 Å². The molecule has 21 heavy (non-hydrogen) atoms. The smallest absolute Gasteiger partial charge is 0.331 e. The molecule has 0 fully saturated rings. The number of hydrogen-bond acceptors (Lipinski definition) is 4. The highest BCUT2D eigenvalue weighted by molar-refractivity contribution is 7.80. The summed E-state index contributed by atoms with van der Waals surface area (Å²) in [6.45, 7) is 0.153. The molecule has 1 aromatic carbocycles. The first-order chi connectivity index (χ1) is 9.93. The first-order valence-corrected chi connectivity index (χ1v) is 6.58. The van der Waals surface area contributed by atoms with E-state index in [9.17, 15) is 9.59 Å². The van der Waals surface area contributed by atoms with Gasteiger partial charge in [0.05, 0.1) is 19.2 Å². The van der Waals surface area contributed by atoms with E-state index in [0.717, 1.165) is 10.1 Å². The van der Waals surface area contributed by atoms with Gasteiger partial charge in [-0.3, -0.25) is 9.36 Å². The number of hydrogen-bond donors (Lipinski definition) is 1. The first kappa shape index (κ1) is 15.0. The second kappa shape index (κ2) is 5.92. The molecule has 0 unspecified atom stereocenters. The lowest BCUT2D eigenvalue weighted by Gasteiger charge is -2.11. The lowest BCUT2D eigenvalue weighted by molar-refractivity contribution is 0.413. The topological polar surface area (TPSA) is 79.2 Å². The number of nitrogens with zero attached hydrogens (tertiary/aromatic N) is 2. The van der Waals surface area contributed by atoms with E-state index in [1.165, 1.54) is 23.9 Å². The molecule has 0 aliphatic heterocycles. The number of benzene rings is 1. The van der Waals surface area contributed by atoms with E-state index >= 15 is 0 Å². The lowest BCUT2D eigenvalue weighted by Crippen LogP contribution is -2.38. The molecule has 2 N–H and O–H groups in total. The Hall–Kier alpha value is -2.41. The lowest BCUT2D eigenvalue weighted by atomic mass is 10.1. The third kappa shape index (κ3) is 3.03. The molecule has 0 amide bonds. The highest BCUT2D eigenvalue weighted by Gasteiger charge is 2.09. The van der Waals surface area contributed by atoms with Crippen LogP contribution in [0.25, 0.3) is 0 Å². The van der Waals surface area contributed by atoms with Gasteiger partial charge in [0.1, 0.15) is 10.7 Å². The van der Waals surface area contributed by atoms with Crippen molar-refractivity contribution in [2.75, 3.05) is 7.11 Å². The Kier molecular flexibility index (Phi) is 4.23. The van der Waals surface area contributed by atoms with Crippen molar-refractivity contribution in [3.8, 4) is 5.75 Å². The van der Waals surface area contributed by atoms with E-state index < -0.39 is 0 Å². The van der Waals surface area contributed by atoms with E-state index in [0.29, 0.717) is 11.3 Å². The van der Waals surface area contributed by atoms with Crippen molar-refractivity contribution in [2.24, 2.45) is 12.8 Å². The second-order valence-corrected chi connectivity index (χ2v) is 4.97. The number of methoxy groups -OCH3 is 1. The fourth-order valence-electron chi connectivity index (χ4n) is 1.98. The monoisotopic (exact) mass is 305 g/mol. The number of thiocarbonyl (C=S) groups is 1. The van der Waals surface area contributed by atoms with Crippen molar-refractivity contribution in [3.05, 3.63) is 62.4 Å². The van der Waals surface area contributed by atoms with Crippen molar-refractivity contribution in [1.29, 1.82) is 0 Å².